The van der Waals surface area contributed by atoms with E-state index in [4.69, 9.17) is 18.0 Å². The fraction of sp³-hybridized carbons (Fsp3) is 0.111. The van der Waals surface area contributed by atoms with E-state index in [-0.39, 0.29) is 5.11 Å². The maximum absolute atomic E-state index is 5.43. The summed E-state index contributed by atoms with van der Waals surface area (Å²) in [7, 11) is 0. The highest BCUT2D eigenvalue weighted by Gasteiger charge is 2.06. The number of aryl methyl sites for hydroxylation is 1. The second-order valence-electron chi connectivity index (χ2n) is 3.25. The van der Waals surface area contributed by atoms with Crippen molar-refractivity contribution in [1.29, 1.82) is 0 Å². The van der Waals surface area contributed by atoms with E-state index in [2.05, 4.69) is 25.9 Å². The van der Waals surface area contributed by atoms with Crippen molar-refractivity contribution in [3.63, 3.8) is 0 Å². The van der Waals surface area contributed by atoms with Crippen LogP contribution in [0.15, 0.2) is 18.2 Å². The molecule has 1 heterocycles. The molecule has 1 aromatic carbocycles. The lowest BCUT2D eigenvalue weighted by Gasteiger charge is -2.08. The van der Waals surface area contributed by atoms with E-state index in [1.165, 1.54) is 0 Å². The van der Waals surface area contributed by atoms with Gasteiger partial charge < -0.3 is 11.1 Å². The molecular formula is C9H10N6S. The van der Waals surface area contributed by atoms with Gasteiger partial charge in [-0.05, 0) is 36.0 Å². The molecule has 0 amide bonds. The quantitative estimate of drug-likeness (QED) is 0.666. The number of anilines is 1. The summed E-state index contributed by atoms with van der Waals surface area (Å²) in [6.45, 7) is 1.96. The Labute approximate surface area is 97.2 Å². The van der Waals surface area contributed by atoms with Crippen LogP contribution in [0.3, 0.4) is 0 Å². The molecule has 0 aliphatic rings. The van der Waals surface area contributed by atoms with Gasteiger partial charge in [-0.15, -0.1) is 10.2 Å². The third-order valence-electron chi connectivity index (χ3n) is 2.10. The van der Waals surface area contributed by atoms with E-state index >= 15 is 0 Å². The van der Waals surface area contributed by atoms with E-state index < -0.39 is 0 Å². The van der Waals surface area contributed by atoms with E-state index in [1.54, 1.807) is 0 Å². The molecule has 0 atom stereocenters. The van der Waals surface area contributed by atoms with E-state index in [0.29, 0.717) is 5.82 Å². The minimum atomic E-state index is 0.230. The first-order valence-electron chi connectivity index (χ1n) is 4.58. The van der Waals surface area contributed by atoms with E-state index in [0.717, 1.165) is 16.8 Å². The number of nitrogens with two attached hydrogens (primary N) is 1. The standard InChI is InChI=1S/C9H10N6S/c1-5-2-3-6(8-12-14-15-13-8)4-7(5)11-9(10)16/h2-4H,1H3,(H3,10,11,16)(H,12,13,14,15). The fourth-order valence-electron chi connectivity index (χ4n) is 1.31. The van der Waals surface area contributed by atoms with Crippen LogP contribution in [0.4, 0.5) is 5.69 Å². The molecule has 0 fully saturated rings. The van der Waals surface area contributed by atoms with Gasteiger partial charge >= 0.3 is 0 Å². The average Bonchev–Trinajstić information content (AvgIpc) is 2.73. The van der Waals surface area contributed by atoms with E-state index in [1.807, 2.05) is 25.1 Å². The highest BCUT2D eigenvalue weighted by molar-refractivity contribution is 7.80. The first kappa shape index (κ1) is 10.5. The highest BCUT2D eigenvalue weighted by Crippen LogP contribution is 2.22. The average molecular weight is 234 g/mol. The molecule has 6 nitrogen and oxygen atoms in total. The molecule has 4 N–H and O–H groups in total. The monoisotopic (exact) mass is 234 g/mol. The largest absolute Gasteiger partial charge is 0.376 e. The summed E-state index contributed by atoms with van der Waals surface area (Å²) < 4.78 is 0. The van der Waals surface area contributed by atoms with Gasteiger partial charge in [-0.3, -0.25) is 0 Å². The fourth-order valence-corrected chi connectivity index (χ4v) is 1.42. The summed E-state index contributed by atoms with van der Waals surface area (Å²) in [6.07, 6.45) is 0. The summed E-state index contributed by atoms with van der Waals surface area (Å²) in [5.74, 6) is 0.533. The van der Waals surface area contributed by atoms with Crippen LogP contribution in [0.2, 0.25) is 0 Å². The normalized spacial score (nSPS) is 10.1. The van der Waals surface area contributed by atoms with Crippen molar-refractivity contribution in [2.75, 3.05) is 5.32 Å². The van der Waals surface area contributed by atoms with Gasteiger partial charge in [-0.25, -0.2) is 0 Å². The zero-order valence-electron chi connectivity index (χ0n) is 8.56. The number of hydrogen-bond acceptors (Lipinski definition) is 4. The van der Waals surface area contributed by atoms with Gasteiger partial charge in [0.15, 0.2) is 5.11 Å². The van der Waals surface area contributed by atoms with Gasteiger partial charge in [0.2, 0.25) is 5.82 Å². The Kier molecular flexibility index (Phi) is 2.78. The van der Waals surface area contributed by atoms with Crippen LogP contribution < -0.4 is 11.1 Å². The highest BCUT2D eigenvalue weighted by atomic mass is 32.1. The summed E-state index contributed by atoms with van der Waals surface area (Å²) in [5.41, 5.74) is 8.16. The van der Waals surface area contributed by atoms with Crippen molar-refractivity contribution in [2.24, 2.45) is 5.73 Å². The lowest BCUT2D eigenvalue weighted by molar-refractivity contribution is 0.881. The topological polar surface area (TPSA) is 92.5 Å². The molecule has 0 saturated heterocycles. The molecule has 7 heteroatoms. The number of aromatic nitrogens is 4. The zero-order chi connectivity index (χ0) is 11.5. The molecule has 0 aliphatic carbocycles. The first-order chi connectivity index (χ1) is 7.66. The summed E-state index contributed by atoms with van der Waals surface area (Å²) in [6, 6.07) is 5.72. The van der Waals surface area contributed by atoms with Crippen LogP contribution in [0.1, 0.15) is 5.56 Å². The summed E-state index contributed by atoms with van der Waals surface area (Å²) >= 11 is 4.80. The molecule has 0 bridgehead atoms. The zero-order valence-corrected chi connectivity index (χ0v) is 9.38. The lowest BCUT2D eigenvalue weighted by atomic mass is 10.1. The number of thiocarbonyl (C=S) groups is 1. The Hall–Kier alpha value is -2.02. The molecule has 16 heavy (non-hydrogen) atoms. The summed E-state index contributed by atoms with van der Waals surface area (Å²) in [4.78, 5) is 0. The maximum Gasteiger partial charge on any atom is 0.204 e. The van der Waals surface area contributed by atoms with Gasteiger partial charge in [-0.1, -0.05) is 12.1 Å². The molecule has 0 aliphatic heterocycles. The molecule has 2 aromatic rings. The second-order valence-corrected chi connectivity index (χ2v) is 3.69. The minimum absolute atomic E-state index is 0.230. The Balaban J connectivity index is 2.39. The van der Waals surface area contributed by atoms with Crippen molar-refractivity contribution < 1.29 is 0 Å². The van der Waals surface area contributed by atoms with Crippen LogP contribution in [-0.2, 0) is 0 Å². The van der Waals surface area contributed by atoms with Gasteiger partial charge in [0.25, 0.3) is 0 Å². The third kappa shape index (κ3) is 2.14. The lowest BCUT2D eigenvalue weighted by Crippen LogP contribution is -2.19. The van der Waals surface area contributed by atoms with Crippen molar-refractivity contribution in [1.82, 2.24) is 20.6 Å². The predicted molar refractivity (Wildman–Crippen MR) is 64.8 cm³/mol. The number of nitrogens with zero attached hydrogens (tertiary/aromatic N) is 3. The first-order valence-corrected chi connectivity index (χ1v) is 4.98. The van der Waals surface area contributed by atoms with Gasteiger partial charge in [0, 0.05) is 11.3 Å². The Morgan fingerprint density at radius 2 is 2.31 bits per heavy atom. The number of rotatable bonds is 2. The van der Waals surface area contributed by atoms with Gasteiger partial charge in [-0.2, -0.15) is 5.21 Å². The molecular weight excluding hydrogens is 224 g/mol. The molecule has 0 radical (unpaired) electrons. The van der Waals surface area contributed by atoms with Crippen LogP contribution in [-0.4, -0.2) is 25.7 Å². The number of benzene rings is 1. The maximum atomic E-state index is 5.43. The molecule has 82 valence electrons. The molecule has 0 unspecified atom stereocenters. The van der Waals surface area contributed by atoms with Gasteiger partial charge in [0.1, 0.15) is 0 Å². The Morgan fingerprint density at radius 3 is 2.94 bits per heavy atom. The minimum Gasteiger partial charge on any atom is -0.376 e. The van der Waals surface area contributed by atoms with Crippen LogP contribution in [0.25, 0.3) is 11.4 Å². The number of nitrogens with one attached hydrogen (secondary N) is 2. The molecule has 0 saturated carbocycles. The molecule has 1 aromatic heterocycles. The second kappa shape index (κ2) is 4.23. The van der Waals surface area contributed by atoms with Crippen molar-refractivity contribution >= 4 is 23.0 Å². The number of aromatic amines is 1. The van der Waals surface area contributed by atoms with Gasteiger partial charge in [0.05, 0.1) is 0 Å². The number of tetrazole rings is 1. The predicted octanol–water partition coefficient (Wildman–Crippen LogP) is 0.831. The Bertz CT molecular complexity index is 507. The third-order valence-corrected chi connectivity index (χ3v) is 2.20. The van der Waals surface area contributed by atoms with Crippen molar-refractivity contribution in [3.05, 3.63) is 23.8 Å². The molecule has 2 rings (SSSR count). The van der Waals surface area contributed by atoms with Crippen molar-refractivity contribution in [3.8, 4) is 11.4 Å². The molecule has 0 spiro atoms. The summed E-state index contributed by atoms with van der Waals surface area (Å²) in [5, 5.41) is 16.8. The van der Waals surface area contributed by atoms with Crippen LogP contribution in [0, 0.1) is 6.92 Å². The van der Waals surface area contributed by atoms with Crippen LogP contribution in [0.5, 0.6) is 0 Å². The smallest absolute Gasteiger partial charge is 0.204 e. The Morgan fingerprint density at radius 1 is 1.50 bits per heavy atom. The van der Waals surface area contributed by atoms with Crippen LogP contribution >= 0.6 is 12.2 Å². The van der Waals surface area contributed by atoms with Crippen molar-refractivity contribution in [2.45, 2.75) is 6.92 Å². The van der Waals surface area contributed by atoms with E-state index in [9.17, 15) is 0 Å². The number of hydrogen-bond donors (Lipinski definition) is 3. The SMILES string of the molecule is Cc1ccc(-c2nn[nH]n2)cc1NC(N)=S. The number of H-pyrrole nitrogens is 1.